The number of benzene rings is 3. The van der Waals surface area contributed by atoms with Gasteiger partial charge < -0.3 is 5.21 Å². The first-order valence-electron chi connectivity index (χ1n) is 9.83. The van der Waals surface area contributed by atoms with E-state index in [4.69, 9.17) is 0 Å². The molecule has 0 N–H and O–H groups in total. The van der Waals surface area contributed by atoms with Crippen molar-refractivity contribution in [2.45, 2.75) is 0 Å². The Morgan fingerprint density at radius 1 is 0.742 bits per heavy atom. The summed E-state index contributed by atoms with van der Waals surface area (Å²) in [6.07, 6.45) is 1.35. The summed E-state index contributed by atoms with van der Waals surface area (Å²) < 4.78 is 16.4. The van der Waals surface area contributed by atoms with Crippen LogP contribution in [0, 0.1) is 11.0 Å². The van der Waals surface area contributed by atoms with Gasteiger partial charge in [-0.05, 0) is 29.8 Å². The lowest BCUT2D eigenvalue weighted by Gasteiger charge is -2.17. The highest BCUT2D eigenvalue weighted by Gasteiger charge is 2.27. The van der Waals surface area contributed by atoms with Crippen molar-refractivity contribution in [3.05, 3.63) is 125 Å². The Morgan fingerprint density at radius 2 is 1.39 bits per heavy atom. The van der Waals surface area contributed by atoms with Gasteiger partial charge in [0.1, 0.15) is 5.82 Å². The number of hydrogen-bond acceptors (Lipinski definition) is 2. The van der Waals surface area contributed by atoms with Gasteiger partial charge in [0.05, 0.1) is 11.6 Å². The highest BCUT2D eigenvalue weighted by atomic mass is 19.1. The number of pyridine rings is 2. The SMILES string of the molecule is O=c1c2ccc(F)cc2c(-c2ccccc2)c(-c2ccccc2)n1-c1cccc[n+]1[O-]. The van der Waals surface area contributed by atoms with Crippen LogP contribution in [0.1, 0.15) is 0 Å². The summed E-state index contributed by atoms with van der Waals surface area (Å²) in [6, 6.07) is 27.9. The molecule has 5 rings (SSSR count). The Labute approximate surface area is 177 Å². The fourth-order valence-corrected chi connectivity index (χ4v) is 3.95. The topological polar surface area (TPSA) is 48.9 Å². The van der Waals surface area contributed by atoms with E-state index in [0.717, 1.165) is 11.1 Å². The largest absolute Gasteiger partial charge is 0.711 e. The Bertz CT molecular complexity index is 1460. The van der Waals surface area contributed by atoms with Crippen molar-refractivity contribution in [1.29, 1.82) is 0 Å². The predicted molar refractivity (Wildman–Crippen MR) is 119 cm³/mol. The van der Waals surface area contributed by atoms with E-state index in [0.29, 0.717) is 26.8 Å². The van der Waals surface area contributed by atoms with Crippen molar-refractivity contribution >= 4 is 10.8 Å². The lowest BCUT2D eigenvalue weighted by molar-refractivity contribution is -0.599. The molecule has 2 aromatic heterocycles. The average molecular weight is 408 g/mol. The third-order valence-electron chi connectivity index (χ3n) is 5.29. The van der Waals surface area contributed by atoms with Crippen LogP contribution >= 0.6 is 0 Å². The molecular formula is C26H17FN2O2. The van der Waals surface area contributed by atoms with Crippen LogP contribution in [0.5, 0.6) is 0 Å². The van der Waals surface area contributed by atoms with Gasteiger partial charge in [-0.3, -0.25) is 0 Å². The van der Waals surface area contributed by atoms with Crippen LogP contribution in [0.2, 0.25) is 0 Å². The van der Waals surface area contributed by atoms with Gasteiger partial charge in [0, 0.05) is 22.6 Å². The van der Waals surface area contributed by atoms with E-state index in [9.17, 15) is 14.4 Å². The number of rotatable bonds is 3. The molecule has 0 amide bonds. The Hall–Kier alpha value is -4.25. The fourth-order valence-electron chi connectivity index (χ4n) is 3.95. The minimum Gasteiger partial charge on any atom is -0.711 e. The second-order valence-corrected chi connectivity index (χ2v) is 7.17. The maximum absolute atomic E-state index is 14.3. The van der Waals surface area contributed by atoms with Crippen LogP contribution in [0.15, 0.2) is 108 Å². The minimum absolute atomic E-state index is 0.176. The van der Waals surface area contributed by atoms with Gasteiger partial charge in [0.2, 0.25) is 0 Å². The molecule has 0 fully saturated rings. The molecule has 4 nitrogen and oxygen atoms in total. The van der Waals surface area contributed by atoms with Crippen molar-refractivity contribution < 1.29 is 9.12 Å². The second-order valence-electron chi connectivity index (χ2n) is 7.17. The summed E-state index contributed by atoms with van der Waals surface area (Å²) in [7, 11) is 0. The van der Waals surface area contributed by atoms with Crippen LogP contribution in [0.3, 0.4) is 0 Å². The summed E-state index contributed by atoms with van der Waals surface area (Å²) in [5.41, 5.74) is 2.40. The van der Waals surface area contributed by atoms with Crippen LogP contribution in [-0.2, 0) is 0 Å². The third kappa shape index (κ3) is 3.16. The van der Waals surface area contributed by atoms with Crippen LogP contribution < -0.4 is 10.3 Å². The van der Waals surface area contributed by atoms with E-state index >= 15 is 0 Å². The van der Waals surface area contributed by atoms with Crippen molar-refractivity contribution in [2.75, 3.05) is 0 Å². The number of nitrogens with zero attached hydrogens (tertiary/aromatic N) is 2. The zero-order valence-corrected chi connectivity index (χ0v) is 16.4. The standard InChI is InChI=1S/C26H17FN2O2/c27-20-14-15-21-22(17-20)24(18-9-3-1-4-10-18)25(19-11-5-2-6-12-19)29(26(21)30)23-13-7-8-16-28(23)31/h1-17H. The van der Waals surface area contributed by atoms with Gasteiger partial charge in [0.15, 0.2) is 5.69 Å². The van der Waals surface area contributed by atoms with Gasteiger partial charge in [-0.2, -0.15) is 4.57 Å². The molecule has 0 spiro atoms. The second kappa shape index (κ2) is 7.54. The Kier molecular flexibility index (Phi) is 4.56. The maximum atomic E-state index is 14.3. The van der Waals surface area contributed by atoms with Gasteiger partial charge >= 0.3 is 5.56 Å². The zero-order valence-electron chi connectivity index (χ0n) is 16.4. The summed E-state index contributed by atoms with van der Waals surface area (Å²) >= 11 is 0. The number of fused-ring (bicyclic) bond motifs is 1. The first-order valence-corrected chi connectivity index (χ1v) is 9.83. The number of hydrogen-bond donors (Lipinski definition) is 0. The van der Waals surface area contributed by atoms with Gasteiger partial charge in [-0.25, -0.2) is 13.9 Å². The van der Waals surface area contributed by atoms with Crippen molar-refractivity contribution in [1.82, 2.24) is 4.57 Å². The first kappa shape index (κ1) is 18.8. The molecule has 5 aromatic rings. The van der Waals surface area contributed by atoms with Crippen LogP contribution in [0.25, 0.3) is 39.0 Å². The molecule has 0 bridgehead atoms. The molecule has 0 unspecified atom stereocenters. The molecule has 3 aromatic carbocycles. The zero-order chi connectivity index (χ0) is 21.4. The van der Waals surface area contributed by atoms with Gasteiger partial charge in [-0.1, -0.05) is 66.7 Å². The van der Waals surface area contributed by atoms with E-state index in [1.54, 1.807) is 18.2 Å². The predicted octanol–water partition coefficient (Wildman–Crippen LogP) is 5.10. The van der Waals surface area contributed by atoms with Gasteiger partial charge in [0.25, 0.3) is 5.82 Å². The van der Waals surface area contributed by atoms with Crippen molar-refractivity contribution in [2.24, 2.45) is 0 Å². The van der Waals surface area contributed by atoms with Crippen molar-refractivity contribution in [3.63, 3.8) is 0 Å². The van der Waals surface area contributed by atoms with E-state index in [1.165, 1.54) is 29.0 Å². The molecule has 150 valence electrons. The summed E-state index contributed by atoms with van der Waals surface area (Å²) in [6.45, 7) is 0. The normalized spacial score (nSPS) is 11.0. The van der Waals surface area contributed by atoms with Crippen LogP contribution in [0.4, 0.5) is 4.39 Å². The molecule has 0 radical (unpaired) electrons. The fraction of sp³-hybridized carbons (Fsp3) is 0. The smallest absolute Gasteiger partial charge is 0.347 e. The molecule has 0 aliphatic rings. The maximum Gasteiger partial charge on any atom is 0.347 e. The highest BCUT2D eigenvalue weighted by Crippen LogP contribution is 2.37. The molecule has 5 heteroatoms. The monoisotopic (exact) mass is 408 g/mol. The quantitative estimate of drug-likeness (QED) is 0.308. The minimum atomic E-state index is -0.431. The van der Waals surface area contributed by atoms with E-state index in [2.05, 4.69) is 0 Å². The molecule has 0 atom stereocenters. The highest BCUT2D eigenvalue weighted by molar-refractivity contribution is 6.03. The van der Waals surface area contributed by atoms with Crippen molar-refractivity contribution in [3.8, 4) is 28.2 Å². The molecule has 0 aliphatic carbocycles. The molecule has 31 heavy (non-hydrogen) atoms. The Balaban J connectivity index is 2.07. The molecule has 2 heterocycles. The van der Waals surface area contributed by atoms with E-state index in [-0.39, 0.29) is 11.4 Å². The molecule has 0 saturated carbocycles. The molecule has 0 saturated heterocycles. The molecular weight excluding hydrogens is 391 g/mol. The number of halogens is 1. The summed E-state index contributed by atoms with van der Waals surface area (Å²) in [5.74, 6) is -0.255. The molecule has 0 aliphatic heterocycles. The average Bonchev–Trinajstić information content (AvgIpc) is 2.80. The first-order chi connectivity index (χ1) is 15.1. The lowest BCUT2D eigenvalue weighted by atomic mass is 9.93. The van der Waals surface area contributed by atoms with E-state index in [1.807, 2.05) is 60.7 Å². The van der Waals surface area contributed by atoms with Crippen LogP contribution in [-0.4, -0.2) is 4.57 Å². The number of aromatic nitrogens is 2. The van der Waals surface area contributed by atoms with Gasteiger partial charge in [-0.15, -0.1) is 0 Å². The van der Waals surface area contributed by atoms with E-state index < -0.39 is 5.82 Å². The summed E-state index contributed by atoms with van der Waals surface area (Å²) in [5, 5.41) is 13.5. The lowest BCUT2D eigenvalue weighted by Crippen LogP contribution is -2.36. The third-order valence-corrected chi connectivity index (χ3v) is 5.29. The summed E-state index contributed by atoms with van der Waals surface area (Å²) in [4.78, 5) is 13.7. The Morgan fingerprint density at radius 3 is 2.06 bits per heavy atom.